The second-order valence-corrected chi connectivity index (χ2v) is 7.16. The van der Waals surface area contributed by atoms with E-state index in [1.807, 2.05) is 11.8 Å². The first kappa shape index (κ1) is 16.2. The molecule has 2 aliphatic heterocycles. The first-order valence-corrected chi connectivity index (χ1v) is 9.05. The predicted octanol–water partition coefficient (Wildman–Crippen LogP) is 2.72. The summed E-state index contributed by atoms with van der Waals surface area (Å²) in [5, 5.41) is 3.61. The average molecular weight is 336 g/mol. The van der Waals surface area contributed by atoms with Crippen LogP contribution in [0.2, 0.25) is 0 Å². The molecule has 1 fully saturated rings. The van der Waals surface area contributed by atoms with Crippen LogP contribution in [0.3, 0.4) is 0 Å². The summed E-state index contributed by atoms with van der Waals surface area (Å²) < 4.78 is 0. The van der Waals surface area contributed by atoms with Gasteiger partial charge in [0.2, 0.25) is 0 Å². The molecule has 0 aliphatic carbocycles. The summed E-state index contributed by atoms with van der Waals surface area (Å²) in [6.07, 6.45) is 4.77. The van der Waals surface area contributed by atoms with Crippen LogP contribution in [0.15, 0.2) is 24.5 Å². The standard InChI is InChI=1S/C20H24N4O/c1-13-8-15-5-7-24(20(25)19-10-14(2)22-12-23-19)11-17(15)16(9-13)18-4-3-6-21-18/h8-10,12,18,21H,3-7,11H2,1-2H3/t18-/m0/s1. The van der Waals surface area contributed by atoms with Crippen molar-refractivity contribution in [3.63, 3.8) is 0 Å². The number of hydrogen-bond acceptors (Lipinski definition) is 4. The van der Waals surface area contributed by atoms with E-state index in [2.05, 4.69) is 34.3 Å². The highest BCUT2D eigenvalue weighted by atomic mass is 16.2. The predicted molar refractivity (Wildman–Crippen MR) is 96.4 cm³/mol. The molecule has 5 nitrogen and oxygen atoms in total. The largest absolute Gasteiger partial charge is 0.333 e. The van der Waals surface area contributed by atoms with Gasteiger partial charge in [0.25, 0.3) is 5.91 Å². The highest BCUT2D eigenvalue weighted by Crippen LogP contribution is 2.32. The zero-order valence-electron chi connectivity index (χ0n) is 14.9. The van der Waals surface area contributed by atoms with E-state index in [1.54, 1.807) is 6.07 Å². The number of carbonyl (C=O) groups is 1. The number of carbonyl (C=O) groups excluding carboxylic acids is 1. The number of nitrogens with zero attached hydrogens (tertiary/aromatic N) is 3. The number of hydrogen-bond donors (Lipinski definition) is 1. The van der Waals surface area contributed by atoms with Crippen LogP contribution in [0.5, 0.6) is 0 Å². The monoisotopic (exact) mass is 336 g/mol. The van der Waals surface area contributed by atoms with Crippen molar-refractivity contribution in [2.24, 2.45) is 0 Å². The normalized spacial score (nSPS) is 19.8. The van der Waals surface area contributed by atoms with Crippen LogP contribution in [0.1, 0.15) is 57.3 Å². The van der Waals surface area contributed by atoms with Gasteiger partial charge in [0.1, 0.15) is 12.0 Å². The van der Waals surface area contributed by atoms with Crippen LogP contribution in [0.25, 0.3) is 0 Å². The summed E-state index contributed by atoms with van der Waals surface area (Å²) in [7, 11) is 0. The third kappa shape index (κ3) is 3.16. The number of fused-ring (bicyclic) bond motifs is 1. The lowest BCUT2D eigenvalue weighted by Gasteiger charge is -2.32. The molecule has 1 aromatic heterocycles. The summed E-state index contributed by atoms with van der Waals surface area (Å²) >= 11 is 0. The van der Waals surface area contributed by atoms with Gasteiger partial charge in [0.15, 0.2) is 0 Å². The highest BCUT2D eigenvalue weighted by Gasteiger charge is 2.28. The molecule has 1 atom stereocenters. The fraction of sp³-hybridized carbons (Fsp3) is 0.450. The maximum absolute atomic E-state index is 12.9. The highest BCUT2D eigenvalue weighted by molar-refractivity contribution is 5.92. The van der Waals surface area contributed by atoms with E-state index in [9.17, 15) is 4.79 Å². The maximum atomic E-state index is 12.9. The van der Waals surface area contributed by atoms with Gasteiger partial charge < -0.3 is 10.2 Å². The lowest BCUT2D eigenvalue weighted by Crippen LogP contribution is -2.37. The van der Waals surface area contributed by atoms with Crippen LogP contribution in [0.4, 0.5) is 0 Å². The molecule has 2 aliphatic rings. The van der Waals surface area contributed by atoms with E-state index in [0.29, 0.717) is 18.3 Å². The van der Waals surface area contributed by atoms with E-state index in [-0.39, 0.29) is 5.91 Å². The van der Waals surface area contributed by atoms with Crippen LogP contribution in [-0.4, -0.2) is 33.9 Å². The molecular weight excluding hydrogens is 312 g/mol. The summed E-state index contributed by atoms with van der Waals surface area (Å²) in [4.78, 5) is 23.1. The van der Waals surface area contributed by atoms with Gasteiger partial charge in [-0.05, 0) is 62.4 Å². The third-order valence-corrected chi connectivity index (χ3v) is 5.27. The number of benzene rings is 1. The molecule has 1 amide bonds. The van der Waals surface area contributed by atoms with Gasteiger partial charge in [-0.2, -0.15) is 0 Å². The summed E-state index contributed by atoms with van der Waals surface area (Å²) in [6, 6.07) is 6.77. The minimum Gasteiger partial charge on any atom is -0.333 e. The van der Waals surface area contributed by atoms with E-state index < -0.39 is 0 Å². The Labute approximate surface area is 148 Å². The summed E-state index contributed by atoms with van der Waals surface area (Å²) in [5.41, 5.74) is 6.73. The molecule has 0 radical (unpaired) electrons. The number of nitrogens with one attached hydrogen (secondary N) is 1. The van der Waals surface area contributed by atoms with Crippen molar-refractivity contribution in [3.8, 4) is 0 Å². The second-order valence-electron chi connectivity index (χ2n) is 7.16. The lowest BCUT2D eigenvalue weighted by molar-refractivity contribution is 0.0727. The van der Waals surface area contributed by atoms with Crippen LogP contribution in [0, 0.1) is 13.8 Å². The van der Waals surface area contributed by atoms with E-state index in [1.165, 1.54) is 41.4 Å². The van der Waals surface area contributed by atoms with Gasteiger partial charge in [-0.3, -0.25) is 4.79 Å². The zero-order chi connectivity index (χ0) is 17.4. The number of amides is 1. The number of aryl methyl sites for hydroxylation is 2. The Bertz CT molecular complexity index is 811. The Hall–Kier alpha value is -2.27. The van der Waals surface area contributed by atoms with E-state index in [4.69, 9.17) is 0 Å². The first-order chi connectivity index (χ1) is 12.1. The third-order valence-electron chi connectivity index (χ3n) is 5.27. The molecule has 0 bridgehead atoms. The molecule has 1 N–H and O–H groups in total. The molecule has 0 unspecified atom stereocenters. The van der Waals surface area contributed by atoms with Crippen molar-refractivity contribution in [1.29, 1.82) is 0 Å². The van der Waals surface area contributed by atoms with Crippen molar-refractivity contribution in [2.45, 2.75) is 45.7 Å². The van der Waals surface area contributed by atoms with Gasteiger partial charge in [-0.15, -0.1) is 0 Å². The van der Waals surface area contributed by atoms with Crippen LogP contribution < -0.4 is 5.32 Å². The van der Waals surface area contributed by atoms with Crippen molar-refractivity contribution in [3.05, 3.63) is 58.2 Å². The van der Waals surface area contributed by atoms with E-state index >= 15 is 0 Å². The molecule has 0 spiro atoms. The zero-order valence-corrected chi connectivity index (χ0v) is 14.9. The minimum absolute atomic E-state index is 0.00190. The second kappa shape index (κ2) is 6.56. The Kier molecular flexibility index (Phi) is 4.25. The molecule has 1 saturated heterocycles. The van der Waals surface area contributed by atoms with Gasteiger partial charge in [-0.1, -0.05) is 17.7 Å². The topological polar surface area (TPSA) is 58.1 Å². The minimum atomic E-state index is 0.00190. The Balaban J connectivity index is 1.65. The van der Waals surface area contributed by atoms with Gasteiger partial charge in [0, 0.05) is 24.8 Å². The maximum Gasteiger partial charge on any atom is 0.272 e. The van der Waals surface area contributed by atoms with Crippen molar-refractivity contribution in [1.82, 2.24) is 20.2 Å². The Morgan fingerprint density at radius 3 is 2.88 bits per heavy atom. The van der Waals surface area contributed by atoms with Crippen LogP contribution >= 0.6 is 0 Å². The van der Waals surface area contributed by atoms with Gasteiger partial charge >= 0.3 is 0 Å². The number of rotatable bonds is 2. The molecule has 25 heavy (non-hydrogen) atoms. The van der Waals surface area contributed by atoms with Crippen LogP contribution in [-0.2, 0) is 13.0 Å². The summed E-state index contributed by atoms with van der Waals surface area (Å²) in [5.74, 6) is 0.00190. The SMILES string of the molecule is Cc1cc2c(c([C@@H]3CCCN3)c1)CN(C(=O)c1cc(C)ncn1)CC2. The molecule has 2 aromatic rings. The molecule has 4 rings (SSSR count). The quantitative estimate of drug-likeness (QED) is 0.916. The summed E-state index contributed by atoms with van der Waals surface area (Å²) in [6.45, 7) is 6.55. The molecule has 3 heterocycles. The Morgan fingerprint density at radius 1 is 1.24 bits per heavy atom. The van der Waals surface area contributed by atoms with Crippen molar-refractivity contribution in [2.75, 3.05) is 13.1 Å². The van der Waals surface area contributed by atoms with Gasteiger partial charge in [0.05, 0.1) is 0 Å². The smallest absolute Gasteiger partial charge is 0.272 e. The molecular formula is C20H24N4O. The molecule has 1 aromatic carbocycles. The average Bonchev–Trinajstić information content (AvgIpc) is 3.14. The molecule has 0 saturated carbocycles. The van der Waals surface area contributed by atoms with Crippen molar-refractivity contribution < 1.29 is 4.79 Å². The van der Waals surface area contributed by atoms with Gasteiger partial charge in [-0.25, -0.2) is 9.97 Å². The molecule has 5 heteroatoms. The fourth-order valence-corrected chi connectivity index (χ4v) is 4.03. The first-order valence-electron chi connectivity index (χ1n) is 9.05. The Morgan fingerprint density at radius 2 is 2.12 bits per heavy atom. The number of aromatic nitrogens is 2. The van der Waals surface area contributed by atoms with E-state index in [0.717, 1.165) is 25.2 Å². The lowest BCUT2D eigenvalue weighted by atomic mass is 9.88. The fourth-order valence-electron chi connectivity index (χ4n) is 4.03. The molecule has 130 valence electrons. The van der Waals surface area contributed by atoms with Crippen molar-refractivity contribution >= 4 is 5.91 Å².